The number of nitrogens with zero attached hydrogens (tertiary/aromatic N) is 1. The lowest BCUT2D eigenvalue weighted by molar-refractivity contribution is -0.118. The lowest BCUT2D eigenvalue weighted by atomic mass is 9.97. The highest BCUT2D eigenvalue weighted by molar-refractivity contribution is 14.1. The smallest absolute Gasteiger partial charge is 0.238 e. The first-order chi connectivity index (χ1) is 11.7. The molecule has 1 amide bonds. The van der Waals surface area contributed by atoms with Crippen LogP contribution in [0, 0.1) is 3.57 Å². The Kier molecular flexibility index (Phi) is 6.92. The van der Waals surface area contributed by atoms with Crippen molar-refractivity contribution < 1.29 is 9.53 Å². The molecule has 0 unspecified atom stereocenters. The van der Waals surface area contributed by atoms with Gasteiger partial charge >= 0.3 is 0 Å². The highest BCUT2D eigenvalue weighted by Gasteiger charge is 2.24. The predicted octanol–water partition coefficient (Wildman–Crippen LogP) is 4.04. The van der Waals surface area contributed by atoms with Crippen LogP contribution in [-0.2, 0) is 9.53 Å². The molecule has 1 saturated heterocycles. The number of piperidine rings is 1. The summed E-state index contributed by atoms with van der Waals surface area (Å²) in [6, 6.07) is 7.91. The molecule has 132 valence electrons. The van der Waals surface area contributed by atoms with Gasteiger partial charge in [0.1, 0.15) is 0 Å². The van der Waals surface area contributed by atoms with Crippen molar-refractivity contribution in [2.24, 2.45) is 0 Å². The van der Waals surface area contributed by atoms with E-state index in [4.69, 9.17) is 4.74 Å². The monoisotopic (exact) mass is 442 g/mol. The van der Waals surface area contributed by atoms with Gasteiger partial charge in [0.2, 0.25) is 5.91 Å². The molecule has 2 aliphatic rings. The molecule has 5 heteroatoms. The van der Waals surface area contributed by atoms with Crippen LogP contribution in [0.1, 0.15) is 44.9 Å². The predicted molar refractivity (Wildman–Crippen MR) is 105 cm³/mol. The molecular formula is C19H27IN2O2. The van der Waals surface area contributed by atoms with E-state index in [1.807, 2.05) is 24.3 Å². The quantitative estimate of drug-likeness (QED) is 0.700. The van der Waals surface area contributed by atoms with Gasteiger partial charge in [-0.2, -0.15) is 0 Å². The molecule has 1 aromatic rings. The summed E-state index contributed by atoms with van der Waals surface area (Å²) in [5.74, 6) is 0.0721. The number of carbonyl (C=O) groups is 1. The van der Waals surface area contributed by atoms with E-state index in [1.165, 1.54) is 35.7 Å². The van der Waals surface area contributed by atoms with Crippen LogP contribution in [0.3, 0.4) is 0 Å². The zero-order valence-corrected chi connectivity index (χ0v) is 16.3. The second-order valence-electron chi connectivity index (χ2n) is 6.93. The number of hydrogen-bond donors (Lipinski definition) is 1. The number of nitrogens with one attached hydrogen (secondary N) is 1. The van der Waals surface area contributed by atoms with Crippen LogP contribution >= 0.6 is 22.6 Å². The van der Waals surface area contributed by atoms with Crippen molar-refractivity contribution in [1.82, 2.24) is 4.90 Å². The average Bonchev–Trinajstić information content (AvgIpc) is 2.60. The fraction of sp³-hybridized carbons (Fsp3) is 0.632. The van der Waals surface area contributed by atoms with Gasteiger partial charge in [0.15, 0.2) is 0 Å². The van der Waals surface area contributed by atoms with E-state index < -0.39 is 0 Å². The molecular weight excluding hydrogens is 415 g/mol. The molecule has 3 rings (SSSR count). The van der Waals surface area contributed by atoms with Gasteiger partial charge in [-0.25, -0.2) is 0 Å². The number of amides is 1. The van der Waals surface area contributed by atoms with Crippen LogP contribution in [0.15, 0.2) is 24.3 Å². The molecule has 1 N–H and O–H groups in total. The Labute approximate surface area is 158 Å². The number of hydrogen-bond acceptors (Lipinski definition) is 3. The van der Waals surface area contributed by atoms with Gasteiger partial charge in [0.05, 0.1) is 18.8 Å². The van der Waals surface area contributed by atoms with Crippen LogP contribution in [0.4, 0.5) is 5.69 Å². The van der Waals surface area contributed by atoms with E-state index in [-0.39, 0.29) is 5.91 Å². The van der Waals surface area contributed by atoms with E-state index in [1.54, 1.807) is 0 Å². The Hall–Kier alpha value is -0.660. The minimum absolute atomic E-state index is 0.0721. The Morgan fingerprint density at radius 2 is 1.67 bits per heavy atom. The van der Waals surface area contributed by atoms with Gasteiger partial charge in [-0.15, -0.1) is 0 Å². The van der Waals surface area contributed by atoms with Crippen molar-refractivity contribution in [2.75, 3.05) is 25.0 Å². The summed E-state index contributed by atoms with van der Waals surface area (Å²) in [6.07, 6.45) is 9.46. The van der Waals surface area contributed by atoms with Crippen molar-refractivity contribution in [3.05, 3.63) is 27.8 Å². The summed E-state index contributed by atoms with van der Waals surface area (Å²) in [6.45, 7) is 2.39. The number of carbonyl (C=O) groups excluding carboxylic acids is 1. The first kappa shape index (κ1) is 18.1. The highest BCUT2D eigenvalue weighted by Crippen LogP contribution is 2.24. The third-order valence-electron chi connectivity index (χ3n) is 4.97. The summed E-state index contributed by atoms with van der Waals surface area (Å²) in [5, 5.41) is 2.98. The summed E-state index contributed by atoms with van der Waals surface area (Å²) < 4.78 is 7.44. The van der Waals surface area contributed by atoms with E-state index in [9.17, 15) is 4.79 Å². The minimum Gasteiger partial charge on any atom is -0.375 e. The molecule has 0 atom stereocenters. The maximum atomic E-state index is 12.2. The zero-order valence-electron chi connectivity index (χ0n) is 14.2. The third kappa shape index (κ3) is 5.70. The Morgan fingerprint density at radius 3 is 2.33 bits per heavy atom. The van der Waals surface area contributed by atoms with Gasteiger partial charge in [-0.3, -0.25) is 9.69 Å². The molecule has 1 aliphatic heterocycles. The number of likely N-dealkylation sites (tertiary alicyclic amines) is 1. The van der Waals surface area contributed by atoms with Crippen molar-refractivity contribution in [3.63, 3.8) is 0 Å². The van der Waals surface area contributed by atoms with Crippen molar-refractivity contribution in [3.8, 4) is 0 Å². The van der Waals surface area contributed by atoms with Gasteiger partial charge in [-0.1, -0.05) is 19.3 Å². The molecule has 1 saturated carbocycles. The lowest BCUT2D eigenvalue weighted by Crippen LogP contribution is -2.42. The van der Waals surface area contributed by atoms with E-state index in [0.29, 0.717) is 18.8 Å². The topological polar surface area (TPSA) is 41.6 Å². The zero-order chi connectivity index (χ0) is 16.8. The van der Waals surface area contributed by atoms with Gasteiger partial charge < -0.3 is 10.1 Å². The third-order valence-corrected chi connectivity index (χ3v) is 5.69. The number of benzene rings is 1. The Balaban J connectivity index is 1.37. The van der Waals surface area contributed by atoms with Crippen molar-refractivity contribution >= 4 is 34.2 Å². The Bertz CT molecular complexity index is 521. The molecule has 0 spiro atoms. The number of halogens is 1. The van der Waals surface area contributed by atoms with Crippen LogP contribution in [-0.4, -0.2) is 42.6 Å². The van der Waals surface area contributed by atoms with Crippen molar-refractivity contribution in [2.45, 2.75) is 57.2 Å². The maximum absolute atomic E-state index is 12.2. The van der Waals surface area contributed by atoms with Crippen LogP contribution in [0.2, 0.25) is 0 Å². The van der Waals surface area contributed by atoms with Crippen LogP contribution < -0.4 is 5.32 Å². The summed E-state index contributed by atoms with van der Waals surface area (Å²) >= 11 is 2.26. The van der Waals surface area contributed by atoms with E-state index >= 15 is 0 Å². The average molecular weight is 442 g/mol. The number of rotatable bonds is 5. The molecule has 24 heavy (non-hydrogen) atoms. The lowest BCUT2D eigenvalue weighted by Gasteiger charge is -2.34. The molecule has 0 radical (unpaired) electrons. The molecule has 0 aromatic heterocycles. The minimum atomic E-state index is 0.0721. The normalized spacial score (nSPS) is 20.9. The second-order valence-corrected chi connectivity index (χ2v) is 8.17. The molecule has 2 fully saturated rings. The summed E-state index contributed by atoms with van der Waals surface area (Å²) in [4.78, 5) is 14.4. The van der Waals surface area contributed by atoms with Crippen molar-refractivity contribution in [1.29, 1.82) is 0 Å². The first-order valence-corrected chi connectivity index (χ1v) is 10.2. The molecule has 4 nitrogen and oxygen atoms in total. The summed E-state index contributed by atoms with van der Waals surface area (Å²) in [5.41, 5.74) is 0.871. The highest BCUT2D eigenvalue weighted by atomic mass is 127. The molecule has 1 aliphatic carbocycles. The second kappa shape index (κ2) is 9.15. The SMILES string of the molecule is O=C(CN1CCC(OC2CCCCC2)CC1)Nc1ccc(I)cc1. The van der Waals surface area contributed by atoms with E-state index in [2.05, 4.69) is 32.8 Å². The van der Waals surface area contributed by atoms with Gasteiger partial charge in [-0.05, 0) is 72.5 Å². The van der Waals surface area contributed by atoms with Crippen LogP contribution in [0.5, 0.6) is 0 Å². The first-order valence-electron chi connectivity index (χ1n) is 9.12. The fourth-order valence-electron chi connectivity index (χ4n) is 3.61. The number of anilines is 1. The standard InChI is InChI=1S/C19H27IN2O2/c20-15-6-8-16(9-7-15)21-19(23)14-22-12-10-18(11-13-22)24-17-4-2-1-3-5-17/h6-9,17-18H,1-5,10-14H2,(H,21,23). The molecule has 1 heterocycles. The Morgan fingerprint density at radius 1 is 1.04 bits per heavy atom. The molecule has 1 aromatic carbocycles. The fourth-order valence-corrected chi connectivity index (χ4v) is 3.97. The number of ether oxygens (including phenoxy) is 1. The molecule has 0 bridgehead atoms. The van der Waals surface area contributed by atoms with Gasteiger partial charge in [0, 0.05) is 22.3 Å². The largest absolute Gasteiger partial charge is 0.375 e. The maximum Gasteiger partial charge on any atom is 0.238 e. The summed E-state index contributed by atoms with van der Waals surface area (Å²) in [7, 11) is 0. The van der Waals surface area contributed by atoms with Gasteiger partial charge in [0.25, 0.3) is 0 Å². The van der Waals surface area contributed by atoms with E-state index in [0.717, 1.165) is 31.6 Å². The van der Waals surface area contributed by atoms with Crippen LogP contribution in [0.25, 0.3) is 0 Å².